The molecule has 1 fully saturated rings. The van der Waals surface area contributed by atoms with Crippen LogP contribution in [-0.4, -0.2) is 32.0 Å². The molecule has 1 aromatic carbocycles. The predicted molar refractivity (Wildman–Crippen MR) is 106 cm³/mol. The molecule has 4 rings (SSSR count). The number of benzene rings is 1. The van der Waals surface area contributed by atoms with Gasteiger partial charge in [0.25, 0.3) is 0 Å². The largest absolute Gasteiger partial charge is 0.506 e. The lowest BCUT2D eigenvalue weighted by Crippen LogP contribution is -2.35. The SMILES string of the molecule is CC[C@H]1CSC2=N[C@H](c3ccccn3)[C@@H](c3cc(C)cc(Br)c3O)N21. The molecule has 1 N–H and O–H groups in total. The standard InChI is InChI=1S/C19H20BrN3OS/c1-3-12-10-25-19-22-16(15-6-4-5-7-21-15)17(23(12)19)13-8-11(2)9-14(20)18(13)24/h4-9,12,16-17,24H,3,10H2,1-2H3/t12-,16+,17+/m0/s1. The number of hydrogen-bond donors (Lipinski definition) is 1. The minimum absolute atomic E-state index is 0.0268. The molecular weight excluding hydrogens is 398 g/mol. The van der Waals surface area contributed by atoms with Crippen molar-refractivity contribution in [1.29, 1.82) is 0 Å². The Kier molecular flexibility index (Phi) is 4.50. The van der Waals surface area contributed by atoms with E-state index >= 15 is 0 Å². The monoisotopic (exact) mass is 417 g/mol. The van der Waals surface area contributed by atoms with E-state index in [-0.39, 0.29) is 12.1 Å². The summed E-state index contributed by atoms with van der Waals surface area (Å²) >= 11 is 5.31. The van der Waals surface area contributed by atoms with Gasteiger partial charge in [-0.15, -0.1) is 0 Å². The minimum atomic E-state index is -0.0994. The highest BCUT2D eigenvalue weighted by atomic mass is 79.9. The number of amidine groups is 1. The number of fused-ring (bicyclic) bond motifs is 1. The fraction of sp³-hybridized carbons (Fsp3) is 0.368. The Hall–Kier alpha value is -1.53. The molecule has 1 saturated heterocycles. The van der Waals surface area contributed by atoms with Crippen LogP contribution in [0.3, 0.4) is 0 Å². The van der Waals surface area contributed by atoms with Crippen molar-refractivity contribution in [2.24, 2.45) is 4.99 Å². The van der Waals surface area contributed by atoms with Gasteiger partial charge in [0, 0.05) is 23.6 Å². The topological polar surface area (TPSA) is 48.7 Å². The molecule has 0 amide bonds. The van der Waals surface area contributed by atoms with E-state index in [1.165, 1.54) is 0 Å². The summed E-state index contributed by atoms with van der Waals surface area (Å²) in [7, 11) is 0. The van der Waals surface area contributed by atoms with Crippen LogP contribution in [0, 0.1) is 6.92 Å². The van der Waals surface area contributed by atoms with E-state index in [1.54, 1.807) is 0 Å². The van der Waals surface area contributed by atoms with Crippen LogP contribution >= 0.6 is 27.7 Å². The number of aliphatic imine (C=N–C) groups is 1. The number of hydrogen-bond acceptors (Lipinski definition) is 5. The molecule has 3 atom stereocenters. The third-order valence-electron chi connectivity index (χ3n) is 4.89. The zero-order valence-electron chi connectivity index (χ0n) is 14.2. The second kappa shape index (κ2) is 6.65. The van der Waals surface area contributed by atoms with Crippen LogP contribution in [0.5, 0.6) is 5.75 Å². The van der Waals surface area contributed by atoms with Gasteiger partial charge < -0.3 is 10.0 Å². The number of nitrogens with zero attached hydrogens (tertiary/aromatic N) is 3. The Morgan fingerprint density at radius 2 is 2.20 bits per heavy atom. The van der Waals surface area contributed by atoms with E-state index in [1.807, 2.05) is 42.2 Å². The molecule has 0 unspecified atom stereocenters. The van der Waals surface area contributed by atoms with E-state index < -0.39 is 0 Å². The molecule has 0 spiro atoms. The fourth-order valence-electron chi connectivity index (χ4n) is 3.67. The molecule has 6 heteroatoms. The summed E-state index contributed by atoms with van der Waals surface area (Å²) in [5, 5.41) is 11.8. The molecule has 0 radical (unpaired) electrons. The number of thioether (sulfide) groups is 1. The molecule has 130 valence electrons. The molecule has 0 aliphatic carbocycles. The van der Waals surface area contributed by atoms with Crippen molar-refractivity contribution in [1.82, 2.24) is 9.88 Å². The lowest BCUT2D eigenvalue weighted by Gasteiger charge is -2.32. The quantitative estimate of drug-likeness (QED) is 0.775. The van der Waals surface area contributed by atoms with E-state index in [4.69, 9.17) is 4.99 Å². The van der Waals surface area contributed by atoms with Gasteiger partial charge in [0.05, 0.1) is 16.2 Å². The number of pyridine rings is 1. The van der Waals surface area contributed by atoms with Gasteiger partial charge in [-0.2, -0.15) is 0 Å². The number of phenolic OH excluding ortho intramolecular Hbond substituents is 1. The highest BCUT2D eigenvalue weighted by Gasteiger charge is 2.46. The van der Waals surface area contributed by atoms with Crippen molar-refractivity contribution < 1.29 is 5.11 Å². The summed E-state index contributed by atoms with van der Waals surface area (Å²) in [6, 6.07) is 10.3. The fourth-order valence-corrected chi connectivity index (χ4v) is 5.60. The maximum Gasteiger partial charge on any atom is 0.160 e. The van der Waals surface area contributed by atoms with Gasteiger partial charge in [0.15, 0.2) is 5.17 Å². The van der Waals surface area contributed by atoms with Crippen molar-refractivity contribution >= 4 is 32.9 Å². The second-order valence-corrected chi connectivity index (χ2v) is 8.36. The molecule has 2 aromatic rings. The number of halogens is 1. The lowest BCUT2D eigenvalue weighted by molar-refractivity contribution is 0.250. The van der Waals surface area contributed by atoms with E-state index in [2.05, 4.69) is 45.7 Å². The van der Waals surface area contributed by atoms with Crippen LogP contribution in [-0.2, 0) is 0 Å². The second-order valence-electron chi connectivity index (χ2n) is 6.52. The molecule has 3 heterocycles. The molecule has 0 bridgehead atoms. The van der Waals surface area contributed by atoms with Crippen molar-refractivity contribution in [3.63, 3.8) is 0 Å². The van der Waals surface area contributed by atoms with E-state index in [0.717, 1.165) is 38.6 Å². The van der Waals surface area contributed by atoms with Crippen LogP contribution in [0.25, 0.3) is 0 Å². The number of phenols is 1. The van der Waals surface area contributed by atoms with Gasteiger partial charge in [-0.05, 0) is 53.0 Å². The van der Waals surface area contributed by atoms with Gasteiger partial charge in [-0.25, -0.2) is 0 Å². The molecule has 4 nitrogen and oxygen atoms in total. The third kappa shape index (κ3) is 2.85. The van der Waals surface area contributed by atoms with Crippen molar-refractivity contribution in [2.75, 3.05) is 5.75 Å². The Balaban J connectivity index is 1.86. The zero-order valence-corrected chi connectivity index (χ0v) is 16.6. The molecule has 0 saturated carbocycles. The zero-order chi connectivity index (χ0) is 17.6. The summed E-state index contributed by atoms with van der Waals surface area (Å²) in [6.45, 7) is 4.27. The van der Waals surface area contributed by atoms with Gasteiger partial charge in [0.1, 0.15) is 11.8 Å². The summed E-state index contributed by atoms with van der Waals surface area (Å²) < 4.78 is 0.732. The molecular formula is C19H20BrN3OS. The van der Waals surface area contributed by atoms with E-state index in [9.17, 15) is 5.11 Å². The highest BCUT2D eigenvalue weighted by Crippen LogP contribution is 2.51. The summed E-state index contributed by atoms with van der Waals surface area (Å²) in [5.74, 6) is 1.36. The molecule has 2 aliphatic rings. The lowest BCUT2D eigenvalue weighted by atomic mass is 9.93. The maximum absolute atomic E-state index is 10.8. The van der Waals surface area contributed by atoms with E-state index in [0.29, 0.717) is 11.8 Å². The first-order valence-electron chi connectivity index (χ1n) is 8.49. The normalized spacial score (nSPS) is 25.2. The average molecular weight is 418 g/mol. The number of aryl methyl sites for hydroxylation is 1. The first-order valence-corrected chi connectivity index (χ1v) is 10.3. The first-order chi connectivity index (χ1) is 12.1. The van der Waals surface area contributed by atoms with Gasteiger partial charge >= 0.3 is 0 Å². The first kappa shape index (κ1) is 16.9. The smallest absolute Gasteiger partial charge is 0.160 e. The third-order valence-corrected chi connectivity index (χ3v) is 6.62. The van der Waals surface area contributed by atoms with Crippen LogP contribution in [0.15, 0.2) is 46.0 Å². The van der Waals surface area contributed by atoms with Gasteiger partial charge in [-0.3, -0.25) is 9.98 Å². The summed E-state index contributed by atoms with van der Waals surface area (Å²) in [6.07, 6.45) is 2.87. The Morgan fingerprint density at radius 3 is 2.92 bits per heavy atom. The van der Waals surface area contributed by atoms with Crippen molar-refractivity contribution in [2.45, 2.75) is 38.4 Å². The molecule has 1 aromatic heterocycles. The maximum atomic E-state index is 10.8. The number of rotatable bonds is 3. The number of aromatic nitrogens is 1. The summed E-state index contributed by atoms with van der Waals surface area (Å²) in [5.41, 5.74) is 2.98. The Labute approximate surface area is 160 Å². The minimum Gasteiger partial charge on any atom is -0.506 e. The van der Waals surface area contributed by atoms with Crippen LogP contribution in [0.2, 0.25) is 0 Å². The molecule has 25 heavy (non-hydrogen) atoms. The highest BCUT2D eigenvalue weighted by molar-refractivity contribution is 9.10. The van der Waals surface area contributed by atoms with Crippen LogP contribution < -0.4 is 0 Å². The molecule has 2 aliphatic heterocycles. The van der Waals surface area contributed by atoms with Crippen molar-refractivity contribution in [3.8, 4) is 5.75 Å². The summed E-state index contributed by atoms with van der Waals surface area (Å²) in [4.78, 5) is 11.9. The van der Waals surface area contributed by atoms with Crippen molar-refractivity contribution in [3.05, 3.63) is 57.8 Å². The predicted octanol–water partition coefficient (Wildman–Crippen LogP) is 4.84. The van der Waals surface area contributed by atoms with Crippen LogP contribution in [0.4, 0.5) is 0 Å². The number of aromatic hydroxyl groups is 1. The Morgan fingerprint density at radius 1 is 1.36 bits per heavy atom. The Bertz CT molecular complexity index is 827. The average Bonchev–Trinajstić information content (AvgIpc) is 3.17. The van der Waals surface area contributed by atoms with Crippen LogP contribution in [0.1, 0.15) is 42.2 Å². The van der Waals surface area contributed by atoms with Gasteiger partial charge in [-0.1, -0.05) is 30.8 Å². The van der Waals surface area contributed by atoms with Gasteiger partial charge in [0.2, 0.25) is 0 Å².